The number of benzene rings is 3. The van der Waals surface area contributed by atoms with Crippen LogP contribution in [0.3, 0.4) is 0 Å². The van der Waals surface area contributed by atoms with Gasteiger partial charge in [-0.3, -0.25) is 38.4 Å². The molecular weight excluding hydrogens is 1650 g/mol. The number of rotatable bonds is 20. The van der Waals surface area contributed by atoms with Gasteiger partial charge in [-0.15, -0.1) is 0 Å². The van der Waals surface area contributed by atoms with Gasteiger partial charge >= 0.3 is 60.1 Å². The lowest BCUT2D eigenvalue weighted by Crippen LogP contribution is -2.48. The highest BCUT2D eigenvalue weighted by atomic mass is 19.4. The van der Waals surface area contributed by atoms with Gasteiger partial charge in [-0.2, -0.15) is 43.9 Å². The molecule has 0 aromatic heterocycles. The second-order valence-electron chi connectivity index (χ2n) is 30.2. The van der Waals surface area contributed by atoms with Gasteiger partial charge in [0.25, 0.3) is 0 Å². The molecule has 11 aliphatic rings. The Bertz CT molecular complexity index is 4030. The smallest absolute Gasteiger partial charge is 0.422 e. The van der Waals surface area contributed by atoms with E-state index in [1.54, 1.807) is 0 Å². The number of alkyl halides is 6. The van der Waals surface area contributed by atoms with Crippen LogP contribution in [0.1, 0.15) is 134 Å². The molecule has 11 fully saturated rings. The molecule has 14 rings (SSSR count). The quantitative estimate of drug-likeness (QED) is 0.0254. The van der Waals surface area contributed by atoms with Crippen LogP contribution in [-0.2, 0) is 97.1 Å². The zero-order valence-electron chi connectivity index (χ0n) is 62.3. The second-order valence-corrected chi connectivity index (χ2v) is 30.2. The first-order valence-electron chi connectivity index (χ1n) is 37.9. The predicted octanol–water partition coefficient (Wildman–Crippen LogP) is 14.1. The van der Waals surface area contributed by atoms with E-state index in [9.17, 15) is 131 Å². The molecule has 4 bridgehead atoms. The van der Waals surface area contributed by atoms with E-state index in [0.717, 1.165) is 51.4 Å². The molecule has 11 atom stereocenters. The van der Waals surface area contributed by atoms with Gasteiger partial charge in [-0.25, -0.2) is 48.3 Å². The maximum absolute atomic E-state index is 13.4. The van der Waals surface area contributed by atoms with E-state index in [1.807, 2.05) is 0 Å². The van der Waals surface area contributed by atoms with Gasteiger partial charge in [0, 0.05) is 122 Å². The standard InChI is InChI=1S/C18H21F3O7.C16H19F3O5.C15H15F5O3.C14H13F5O3.C13H11F5O3/c19-18(20,21)7-26-16(23)12-9-6-10-13(12)17(24)28-15(10)14(9)27-11(22)5-8-1-3-25-4-2-8;17-16(18,19)15-7-9-6-10(15)13(24-14(15)21)12(9)23-11(20)5-8-1-3-22-4-2-8;16-11-9(12(17)14(19)15(20)13(11)18)7-23-10(21)2-1-8-3-5-22-6-4-8;15-9-10(16)12(18)14(13(19)11(9)17)22-8(20)2-1-7-3-5-21-6-4-7;14-8-9(15)11(17)13(12(18)10(8)16)21-7(19)5-6-1-3-20-4-2-6/h8-10,12-15H,1-7H2;8-10,12-13H,1-7H2;8H,1-7H2;7H,1-6H2;6H,1-5H2. The topological polar surface area (TPSA) is 257 Å². The molecule has 0 spiro atoms. The van der Waals surface area contributed by atoms with Crippen molar-refractivity contribution < 1.29 is 192 Å². The van der Waals surface area contributed by atoms with E-state index >= 15 is 0 Å². The normalized spacial score (nSPS) is 26.1. The fourth-order valence-electron chi connectivity index (χ4n) is 16.6. The number of esters is 8. The molecule has 0 radical (unpaired) electrons. The molecule has 656 valence electrons. The van der Waals surface area contributed by atoms with Crippen LogP contribution >= 0.6 is 0 Å². The Hall–Kier alpha value is -8.25. The van der Waals surface area contributed by atoms with Crippen LogP contribution < -0.4 is 9.47 Å². The van der Waals surface area contributed by atoms with Crippen LogP contribution in [0.4, 0.5) is 92.2 Å². The maximum Gasteiger partial charge on any atom is 0.422 e. The molecule has 4 aliphatic carbocycles. The molecule has 3 aromatic rings. The van der Waals surface area contributed by atoms with Gasteiger partial charge in [0.1, 0.15) is 31.0 Å². The Balaban J connectivity index is 0.000000156. The van der Waals surface area contributed by atoms with Crippen molar-refractivity contribution in [2.24, 2.45) is 70.5 Å². The molecule has 7 aliphatic heterocycles. The summed E-state index contributed by atoms with van der Waals surface area (Å²) in [7, 11) is 0. The van der Waals surface area contributed by atoms with Gasteiger partial charge in [0.2, 0.25) is 75.5 Å². The first-order valence-corrected chi connectivity index (χ1v) is 37.9. The summed E-state index contributed by atoms with van der Waals surface area (Å²) in [4.78, 5) is 95.5. The molecule has 3 aromatic carbocycles. The zero-order valence-corrected chi connectivity index (χ0v) is 62.3. The summed E-state index contributed by atoms with van der Waals surface area (Å²) in [6, 6.07) is 0. The van der Waals surface area contributed by atoms with Crippen molar-refractivity contribution in [3.05, 3.63) is 92.8 Å². The highest BCUT2D eigenvalue weighted by molar-refractivity contribution is 5.86. The average Bonchev–Trinajstić information content (AvgIpc) is 1.61. The van der Waals surface area contributed by atoms with Crippen LogP contribution in [-0.4, -0.2) is 157 Å². The molecule has 0 N–H and O–H groups in total. The van der Waals surface area contributed by atoms with Crippen molar-refractivity contribution in [3.63, 3.8) is 0 Å². The lowest BCUT2D eigenvalue weighted by molar-refractivity contribution is -0.231. The first kappa shape index (κ1) is 92.0. The SMILES string of the molecule is O=C(CC1CCOCC1)OC1C2CC3C1OC(=O)C3(C(F)(F)F)C2.O=C(CC1CCOCC1)OC1C2CC3C1OC(=O)C3C2C(=O)OCC(F)(F)F.O=C(CC1CCOCC1)Oc1c(F)c(F)c(F)c(F)c1F.O=C(CCC1CCOCC1)OCc1c(F)c(F)c(F)c(F)c1F.O=C(CCC1CCOCC1)Oc1c(F)c(F)c(F)c(F)c1F. The van der Waals surface area contributed by atoms with Crippen molar-refractivity contribution in [2.75, 3.05) is 72.7 Å². The zero-order chi connectivity index (χ0) is 86.0. The Morgan fingerprint density at radius 2 is 0.771 bits per heavy atom. The Morgan fingerprint density at radius 1 is 0.398 bits per heavy atom. The van der Waals surface area contributed by atoms with Crippen LogP contribution in [0.2, 0.25) is 0 Å². The summed E-state index contributed by atoms with van der Waals surface area (Å²) < 4.78 is 339. The molecule has 7 heterocycles. The van der Waals surface area contributed by atoms with E-state index < -0.39 is 237 Å². The summed E-state index contributed by atoms with van der Waals surface area (Å²) in [5.41, 5.74) is -3.54. The summed E-state index contributed by atoms with van der Waals surface area (Å²) >= 11 is 0. The number of ether oxygens (including phenoxy) is 13. The number of hydrogen-bond acceptors (Lipinski definition) is 21. The van der Waals surface area contributed by atoms with Crippen molar-refractivity contribution in [3.8, 4) is 11.5 Å². The third-order valence-electron chi connectivity index (χ3n) is 22.8. The number of carbonyl (C=O) groups excluding carboxylic acids is 8. The lowest BCUT2D eigenvalue weighted by atomic mass is 9.73. The van der Waals surface area contributed by atoms with Crippen molar-refractivity contribution >= 4 is 47.8 Å². The minimum Gasteiger partial charge on any atom is -0.461 e. The van der Waals surface area contributed by atoms with Gasteiger partial charge in [-0.1, -0.05) is 0 Å². The summed E-state index contributed by atoms with van der Waals surface area (Å²) in [6.07, 6.45) is -3.79. The minimum absolute atomic E-state index is 0.0140. The minimum atomic E-state index is -4.65. The molecule has 118 heavy (non-hydrogen) atoms. The number of halogens is 21. The van der Waals surface area contributed by atoms with Gasteiger partial charge in [-0.05, 0) is 126 Å². The summed E-state index contributed by atoms with van der Waals surface area (Å²) in [5.74, 6) is -45.3. The fourth-order valence-corrected chi connectivity index (χ4v) is 16.6. The highest BCUT2D eigenvalue weighted by Crippen LogP contribution is 2.68. The maximum atomic E-state index is 13.4. The van der Waals surface area contributed by atoms with Crippen LogP contribution in [0, 0.1) is 158 Å². The van der Waals surface area contributed by atoms with E-state index in [4.69, 9.17) is 42.6 Å². The Kier molecular flexibility index (Phi) is 31.2. The van der Waals surface area contributed by atoms with Crippen molar-refractivity contribution in [1.82, 2.24) is 0 Å². The lowest BCUT2D eigenvalue weighted by Gasteiger charge is -2.33. The Labute approximate surface area is 657 Å². The number of hydrogen-bond donors (Lipinski definition) is 0. The molecule has 42 heteroatoms. The van der Waals surface area contributed by atoms with E-state index in [1.165, 1.54) is 0 Å². The van der Waals surface area contributed by atoms with Crippen molar-refractivity contribution in [2.45, 2.75) is 172 Å². The van der Waals surface area contributed by atoms with Crippen LogP contribution in [0.5, 0.6) is 11.5 Å². The molecule has 0 amide bonds. The fraction of sp³-hybridized carbons (Fsp3) is 0.658. The first-order chi connectivity index (χ1) is 55.8. The highest BCUT2D eigenvalue weighted by Gasteiger charge is 2.80. The molecule has 4 saturated carbocycles. The molecule has 21 nitrogen and oxygen atoms in total. The number of fused-ring (bicyclic) bond motifs is 2. The van der Waals surface area contributed by atoms with Gasteiger partial charge < -0.3 is 61.6 Å². The third-order valence-corrected chi connectivity index (χ3v) is 22.8. The van der Waals surface area contributed by atoms with Gasteiger partial charge in [0.05, 0.1) is 17.4 Å². The molecule has 7 saturated heterocycles. The van der Waals surface area contributed by atoms with E-state index in [2.05, 4.69) is 18.9 Å². The summed E-state index contributed by atoms with van der Waals surface area (Å²) in [5, 5.41) is 0. The van der Waals surface area contributed by atoms with E-state index in [0.29, 0.717) is 104 Å². The monoisotopic (exact) mass is 1730 g/mol. The van der Waals surface area contributed by atoms with Crippen molar-refractivity contribution in [1.29, 1.82) is 0 Å². The van der Waals surface area contributed by atoms with Gasteiger partial charge in [0.15, 0.2) is 35.3 Å². The Morgan fingerprint density at radius 3 is 1.19 bits per heavy atom. The molecular formula is C76H79F21O21. The summed E-state index contributed by atoms with van der Waals surface area (Å²) in [6.45, 7) is 2.94. The average molecular weight is 1730 g/mol. The van der Waals surface area contributed by atoms with E-state index in [-0.39, 0.29) is 74.5 Å². The number of carbonyl (C=O) groups is 8. The van der Waals surface area contributed by atoms with Crippen LogP contribution in [0.25, 0.3) is 0 Å². The second kappa shape index (κ2) is 40.0. The predicted molar refractivity (Wildman–Crippen MR) is 350 cm³/mol. The molecule has 11 unspecified atom stereocenters. The largest absolute Gasteiger partial charge is 0.461 e. The third kappa shape index (κ3) is 21.5. The van der Waals surface area contributed by atoms with Crippen LogP contribution in [0.15, 0.2) is 0 Å².